The highest BCUT2D eigenvalue weighted by atomic mass is 32.1. The van der Waals surface area contributed by atoms with Crippen molar-refractivity contribution in [2.45, 2.75) is 0 Å². The minimum atomic E-state index is -0.111. The molecule has 0 aliphatic rings. The molecule has 3 nitrogen and oxygen atoms in total. The molecule has 1 aromatic carbocycles. The molecule has 0 unspecified atom stereocenters. The van der Waals surface area contributed by atoms with Crippen LogP contribution >= 0.6 is 11.3 Å². The third kappa shape index (κ3) is 0.914. The Bertz CT molecular complexity index is 668. The molecule has 0 radical (unpaired) electrons. The van der Waals surface area contributed by atoms with Crippen molar-refractivity contribution in [3.63, 3.8) is 0 Å². The van der Waals surface area contributed by atoms with Crippen LogP contribution in [0.5, 0.6) is 0 Å². The summed E-state index contributed by atoms with van der Waals surface area (Å²) < 4.78 is 0.962. The van der Waals surface area contributed by atoms with E-state index in [1.165, 1.54) is 11.3 Å². The van der Waals surface area contributed by atoms with E-state index in [9.17, 15) is 4.79 Å². The van der Waals surface area contributed by atoms with Crippen molar-refractivity contribution in [2.24, 2.45) is 0 Å². The fourth-order valence-electron chi connectivity index (χ4n) is 1.57. The van der Waals surface area contributed by atoms with Crippen LogP contribution in [0.4, 0.5) is 0 Å². The van der Waals surface area contributed by atoms with E-state index in [1.54, 1.807) is 5.51 Å². The zero-order valence-corrected chi connectivity index (χ0v) is 7.97. The number of hydrogen-bond donors (Lipinski definition) is 1. The standard InChI is InChI=1S/C10H6N2OS/c13-10-8-9(14-5-11-8)6-3-1-2-4-7(6)12-10/h1-5H,(H,12,13). The van der Waals surface area contributed by atoms with Crippen molar-refractivity contribution in [2.75, 3.05) is 0 Å². The van der Waals surface area contributed by atoms with E-state index in [2.05, 4.69) is 9.97 Å². The average molecular weight is 202 g/mol. The first kappa shape index (κ1) is 7.70. The molecule has 2 heterocycles. The van der Waals surface area contributed by atoms with Gasteiger partial charge >= 0.3 is 0 Å². The van der Waals surface area contributed by atoms with Gasteiger partial charge in [0.05, 0.1) is 10.2 Å². The Morgan fingerprint density at radius 2 is 2.14 bits per heavy atom. The number of nitrogens with zero attached hydrogens (tertiary/aromatic N) is 1. The lowest BCUT2D eigenvalue weighted by atomic mass is 10.2. The number of H-pyrrole nitrogens is 1. The van der Waals surface area contributed by atoms with Gasteiger partial charge in [0.2, 0.25) is 0 Å². The third-order valence-electron chi connectivity index (χ3n) is 2.20. The normalized spacial score (nSPS) is 11.1. The van der Waals surface area contributed by atoms with Gasteiger partial charge < -0.3 is 4.98 Å². The Kier molecular flexibility index (Phi) is 1.46. The van der Waals surface area contributed by atoms with E-state index in [0.717, 1.165) is 15.6 Å². The predicted molar refractivity (Wildman–Crippen MR) is 57.7 cm³/mol. The molecule has 0 aliphatic carbocycles. The Hall–Kier alpha value is -1.68. The summed E-state index contributed by atoms with van der Waals surface area (Å²) in [6, 6.07) is 7.76. The van der Waals surface area contributed by atoms with E-state index in [-0.39, 0.29) is 5.56 Å². The largest absolute Gasteiger partial charge is 0.320 e. The summed E-state index contributed by atoms with van der Waals surface area (Å²) in [5.74, 6) is 0. The minimum absolute atomic E-state index is 0.111. The summed E-state index contributed by atoms with van der Waals surface area (Å²) in [5.41, 5.74) is 3.00. The Morgan fingerprint density at radius 3 is 3.07 bits per heavy atom. The van der Waals surface area contributed by atoms with Gasteiger partial charge in [0, 0.05) is 10.9 Å². The van der Waals surface area contributed by atoms with Crippen LogP contribution in [-0.2, 0) is 0 Å². The number of benzene rings is 1. The highest BCUT2D eigenvalue weighted by Gasteiger charge is 2.05. The molecule has 2 aromatic heterocycles. The number of rotatable bonds is 0. The molecule has 14 heavy (non-hydrogen) atoms. The summed E-state index contributed by atoms with van der Waals surface area (Å²) in [5, 5.41) is 1.06. The summed E-state index contributed by atoms with van der Waals surface area (Å²) >= 11 is 1.50. The molecule has 0 bridgehead atoms. The zero-order chi connectivity index (χ0) is 9.54. The van der Waals surface area contributed by atoms with Crippen LogP contribution in [0.2, 0.25) is 0 Å². The Balaban J connectivity index is 2.73. The Morgan fingerprint density at radius 1 is 1.29 bits per heavy atom. The molecule has 3 aromatic rings. The van der Waals surface area contributed by atoms with E-state index < -0.39 is 0 Å². The van der Waals surface area contributed by atoms with Crippen LogP contribution in [0.25, 0.3) is 21.1 Å². The molecule has 0 spiro atoms. The van der Waals surface area contributed by atoms with Gasteiger partial charge in [-0.05, 0) is 6.07 Å². The fraction of sp³-hybridized carbons (Fsp3) is 0. The van der Waals surface area contributed by atoms with Crippen molar-refractivity contribution in [1.82, 2.24) is 9.97 Å². The molecule has 3 rings (SSSR count). The number of nitrogens with one attached hydrogen (secondary N) is 1. The van der Waals surface area contributed by atoms with Gasteiger partial charge in [-0.25, -0.2) is 4.98 Å². The molecule has 0 amide bonds. The lowest BCUT2D eigenvalue weighted by molar-refractivity contribution is 1.31. The third-order valence-corrected chi connectivity index (χ3v) is 3.06. The number of aromatic nitrogens is 2. The van der Waals surface area contributed by atoms with Crippen LogP contribution in [0.15, 0.2) is 34.6 Å². The smallest absolute Gasteiger partial charge is 0.275 e. The Labute approximate surface area is 83.0 Å². The maximum absolute atomic E-state index is 11.5. The first-order valence-electron chi connectivity index (χ1n) is 4.20. The highest BCUT2D eigenvalue weighted by molar-refractivity contribution is 7.17. The minimum Gasteiger partial charge on any atom is -0.320 e. The van der Waals surface area contributed by atoms with Crippen LogP contribution in [0, 0.1) is 0 Å². The maximum Gasteiger partial charge on any atom is 0.275 e. The zero-order valence-electron chi connectivity index (χ0n) is 7.15. The first-order chi connectivity index (χ1) is 6.86. The summed E-state index contributed by atoms with van der Waals surface area (Å²) in [4.78, 5) is 18.4. The van der Waals surface area contributed by atoms with E-state index in [0.29, 0.717) is 5.52 Å². The second-order valence-electron chi connectivity index (χ2n) is 3.03. The number of pyridine rings is 1. The second kappa shape index (κ2) is 2.65. The quantitative estimate of drug-likeness (QED) is 0.607. The topological polar surface area (TPSA) is 45.8 Å². The van der Waals surface area contributed by atoms with E-state index in [4.69, 9.17) is 0 Å². The molecule has 4 heteroatoms. The predicted octanol–water partition coefficient (Wildman–Crippen LogP) is 2.14. The lowest BCUT2D eigenvalue weighted by Crippen LogP contribution is -2.05. The molecule has 0 aliphatic heterocycles. The van der Waals surface area contributed by atoms with Gasteiger partial charge in [0.1, 0.15) is 5.52 Å². The van der Waals surface area contributed by atoms with Gasteiger partial charge in [0.25, 0.3) is 5.56 Å². The van der Waals surface area contributed by atoms with Gasteiger partial charge in [-0.1, -0.05) is 18.2 Å². The van der Waals surface area contributed by atoms with Gasteiger partial charge in [0.15, 0.2) is 0 Å². The van der Waals surface area contributed by atoms with Crippen LogP contribution in [-0.4, -0.2) is 9.97 Å². The van der Waals surface area contributed by atoms with Crippen molar-refractivity contribution in [1.29, 1.82) is 0 Å². The monoisotopic (exact) mass is 202 g/mol. The molecule has 0 saturated carbocycles. The first-order valence-corrected chi connectivity index (χ1v) is 5.08. The fourth-order valence-corrected chi connectivity index (χ4v) is 2.40. The van der Waals surface area contributed by atoms with Gasteiger partial charge in [-0.3, -0.25) is 4.79 Å². The SMILES string of the molecule is O=c1[nH]c2ccccc2c2scnc12. The molecular weight excluding hydrogens is 196 g/mol. The van der Waals surface area contributed by atoms with Crippen LogP contribution in [0.1, 0.15) is 0 Å². The molecule has 0 fully saturated rings. The molecule has 68 valence electrons. The summed E-state index contributed by atoms with van der Waals surface area (Å²) in [7, 11) is 0. The second-order valence-corrected chi connectivity index (χ2v) is 3.88. The molecular formula is C10H6N2OS. The van der Waals surface area contributed by atoms with Gasteiger partial charge in [-0.15, -0.1) is 11.3 Å². The number of aromatic amines is 1. The molecule has 1 N–H and O–H groups in total. The van der Waals surface area contributed by atoms with Gasteiger partial charge in [-0.2, -0.15) is 0 Å². The van der Waals surface area contributed by atoms with Crippen molar-refractivity contribution < 1.29 is 0 Å². The van der Waals surface area contributed by atoms with Crippen molar-refractivity contribution >= 4 is 32.5 Å². The summed E-state index contributed by atoms with van der Waals surface area (Å²) in [6.45, 7) is 0. The number of thiazole rings is 1. The average Bonchev–Trinajstić information content (AvgIpc) is 2.67. The molecule has 0 atom stereocenters. The van der Waals surface area contributed by atoms with Crippen LogP contribution in [0.3, 0.4) is 0 Å². The van der Waals surface area contributed by atoms with E-state index in [1.807, 2.05) is 24.3 Å². The highest BCUT2D eigenvalue weighted by Crippen LogP contribution is 2.23. The number of para-hydroxylation sites is 1. The number of fused-ring (bicyclic) bond motifs is 3. The van der Waals surface area contributed by atoms with Crippen LogP contribution < -0.4 is 5.56 Å². The van der Waals surface area contributed by atoms with Crippen molar-refractivity contribution in [3.05, 3.63) is 40.1 Å². The maximum atomic E-state index is 11.5. The number of hydrogen-bond acceptors (Lipinski definition) is 3. The lowest BCUT2D eigenvalue weighted by Gasteiger charge is -1.96. The van der Waals surface area contributed by atoms with Crippen molar-refractivity contribution in [3.8, 4) is 0 Å². The summed E-state index contributed by atoms with van der Waals surface area (Å²) in [6.07, 6.45) is 0. The van der Waals surface area contributed by atoms with E-state index >= 15 is 0 Å². The molecule has 0 saturated heterocycles.